The Labute approximate surface area is 174 Å². The van der Waals surface area contributed by atoms with Gasteiger partial charge in [-0.3, -0.25) is 9.69 Å². The molecule has 152 valence electrons. The molecule has 1 fully saturated rings. The number of aromatic nitrogens is 2. The molecule has 0 saturated carbocycles. The average Bonchev–Trinajstić information content (AvgIpc) is 2.70. The Hall–Kier alpha value is -2.19. The van der Waals surface area contributed by atoms with Crippen LogP contribution in [0.3, 0.4) is 0 Å². The molecule has 8 heteroatoms. The van der Waals surface area contributed by atoms with E-state index in [1.165, 1.54) is 4.68 Å². The fourth-order valence-corrected chi connectivity index (χ4v) is 4.06. The summed E-state index contributed by atoms with van der Waals surface area (Å²) in [7, 11) is 0. The number of alkyl halides is 3. The third-order valence-corrected chi connectivity index (χ3v) is 5.82. The Bertz CT molecular complexity index is 1080. The number of nitrogens with zero attached hydrogens (tertiary/aromatic N) is 3. The molecule has 3 aromatic rings. The van der Waals surface area contributed by atoms with Gasteiger partial charge in [-0.25, -0.2) is 4.68 Å². The first-order valence-electron chi connectivity index (χ1n) is 9.38. The van der Waals surface area contributed by atoms with Crippen LogP contribution in [-0.2, 0) is 6.67 Å². The molecule has 2 aromatic carbocycles. The third kappa shape index (κ3) is 4.23. The molecular weight excluding hydrogens is 447 g/mol. The highest BCUT2D eigenvalue weighted by molar-refractivity contribution is 9.10. The second-order valence-corrected chi connectivity index (χ2v) is 8.22. The highest BCUT2D eigenvalue weighted by atomic mass is 79.9. The summed E-state index contributed by atoms with van der Waals surface area (Å²) < 4.78 is 41.6. The first-order valence-corrected chi connectivity index (χ1v) is 10.2. The summed E-state index contributed by atoms with van der Waals surface area (Å²) in [6.45, 7) is 0.443. The van der Waals surface area contributed by atoms with Crippen molar-refractivity contribution in [1.82, 2.24) is 14.7 Å². The fourth-order valence-electron chi connectivity index (χ4n) is 3.79. The predicted molar refractivity (Wildman–Crippen MR) is 109 cm³/mol. The topological polar surface area (TPSA) is 38.1 Å². The fraction of sp³-hybridized carbons (Fsp3) is 0.333. The van der Waals surface area contributed by atoms with Crippen molar-refractivity contribution in [1.29, 1.82) is 0 Å². The minimum absolute atomic E-state index is 0.0414. The van der Waals surface area contributed by atoms with E-state index in [0.29, 0.717) is 24.0 Å². The molecule has 1 aliphatic rings. The van der Waals surface area contributed by atoms with Crippen molar-refractivity contribution in [3.8, 4) is 11.3 Å². The van der Waals surface area contributed by atoms with E-state index in [4.69, 9.17) is 0 Å². The lowest BCUT2D eigenvalue weighted by molar-refractivity contribution is -0.188. The van der Waals surface area contributed by atoms with Gasteiger partial charge in [0.2, 0.25) is 0 Å². The number of piperidine rings is 1. The van der Waals surface area contributed by atoms with E-state index in [1.54, 1.807) is 17.0 Å². The van der Waals surface area contributed by atoms with Crippen molar-refractivity contribution in [3.05, 3.63) is 63.4 Å². The second-order valence-electron chi connectivity index (χ2n) is 7.30. The lowest BCUT2D eigenvalue weighted by Gasteiger charge is -2.33. The van der Waals surface area contributed by atoms with Gasteiger partial charge in [-0.1, -0.05) is 46.3 Å². The summed E-state index contributed by atoms with van der Waals surface area (Å²) >= 11 is 3.41. The smallest absolute Gasteiger partial charge is 0.284 e. The molecule has 1 saturated heterocycles. The minimum Gasteiger partial charge on any atom is -0.284 e. The maximum Gasteiger partial charge on any atom is 0.393 e. The van der Waals surface area contributed by atoms with Crippen LogP contribution in [0.5, 0.6) is 0 Å². The molecule has 1 unspecified atom stereocenters. The normalized spacial score (nSPS) is 18.3. The summed E-state index contributed by atoms with van der Waals surface area (Å²) in [6, 6.07) is 14.8. The molecule has 0 spiro atoms. The zero-order valence-electron chi connectivity index (χ0n) is 15.5. The Kier molecular flexibility index (Phi) is 5.48. The molecule has 0 N–H and O–H groups in total. The number of fused-ring (bicyclic) bond motifs is 1. The van der Waals surface area contributed by atoms with Gasteiger partial charge in [-0.15, -0.1) is 0 Å². The van der Waals surface area contributed by atoms with Gasteiger partial charge in [0.1, 0.15) is 0 Å². The van der Waals surface area contributed by atoms with E-state index in [2.05, 4.69) is 21.0 Å². The summed E-state index contributed by atoms with van der Waals surface area (Å²) in [5.41, 5.74) is 1.18. The Morgan fingerprint density at radius 3 is 2.45 bits per heavy atom. The molecule has 29 heavy (non-hydrogen) atoms. The first-order chi connectivity index (χ1) is 13.8. The highest BCUT2D eigenvalue weighted by Crippen LogP contribution is 2.33. The van der Waals surface area contributed by atoms with Crippen LogP contribution >= 0.6 is 15.9 Å². The van der Waals surface area contributed by atoms with Gasteiger partial charge >= 0.3 is 6.18 Å². The molecular formula is C21H19BrF3N3O. The molecule has 1 aliphatic heterocycles. The monoisotopic (exact) mass is 465 g/mol. The first kappa shape index (κ1) is 20.1. The Morgan fingerprint density at radius 1 is 1.07 bits per heavy atom. The number of hydrogen-bond acceptors (Lipinski definition) is 3. The van der Waals surface area contributed by atoms with Gasteiger partial charge < -0.3 is 0 Å². The number of benzene rings is 2. The average molecular weight is 466 g/mol. The summed E-state index contributed by atoms with van der Waals surface area (Å²) in [6.07, 6.45) is -3.64. The van der Waals surface area contributed by atoms with E-state index in [-0.39, 0.29) is 25.2 Å². The number of likely N-dealkylation sites (tertiary alicyclic amines) is 1. The van der Waals surface area contributed by atoms with Gasteiger partial charge in [-0.05, 0) is 37.6 Å². The van der Waals surface area contributed by atoms with Gasteiger partial charge in [0.25, 0.3) is 5.56 Å². The molecule has 2 heterocycles. The number of halogens is 4. The molecule has 0 bridgehead atoms. The van der Waals surface area contributed by atoms with Gasteiger partial charge in [0, 0.05) is 22.0 Å². The van der Waals surface area contributed by atoms with Crippen LogP contribution in [0.25, 0.3) is 22.0 Å². The number of rotatable bonds is 3. The molecule has 0 amide bonds. The second kappa shape index (κ2) is 7.91. The quantitative estimate of drug-likeness (QED) is 0.542. The van der Waals surface area contributed by atoms with Crippen molar-refractivity contribution >= 4 is 26.7 Å². The van der Waals surface area contributed by atoms with Crippen LogP contribution in [0.4, 0.5) is 13.2 Å². The predicted octanol–water partition coefficient (Wildman–Crippen LogP) is 5.06. The van der Waals surface area contributed by atoms with Crippen LogP contribution in [-0.4, -0.2) is 33.9 Å². The largest absolute Gasteiger partial charge is 0.393 e. The van der Waals surface area contributed by atoms with Crippen LogP contribution in [0.15, 0.2) is 57.8 Å². The molecule has 4 rings (SSSR count). The van der Waals surface area contributed by atoms with E-state index < -0.39 is 12.1 Å². The SMILES string of the molecule is O=c1c2ccccc2c(-c2ccc(Br)cc2)nn1CN1CCCC(C(F)(F)F)C1. The lowest BCUT2D eigenvalue weighted by atomic mass is 9.98. The molecule has 1 aromatic heterocycles. The Balaban J connectivity index is 1.74. The minimum atomic E-state index is -4.22. The van der Waals surface area contributed by atoms with Crippen molar-refractivity contribution < 1.29 is 13.2 Å². The van der Waals surface area contributed by atoms with E-state index in [9.17, 15) is 18.0 Å². The number of hydrogen-bond donors (Lipinski definition) is 0. The Morgan fingerprint density at radius 2 is 1.76 bits per heavy atom. The molecule has 1 atom stereocenters. The summed E-state index contributed by atoms with van der Waals surface area (Å²) in [4.78, 5) is 14.6. The van der Waals surface area contributed by atoms with Crippen LogP contribution < -0.4 is 5.56 Å². The lowest BCUT2D eigenvalue weighted by Crippen LogP contribution is -2.44. The molecule has 0 radical (unpaired) electrons. The van der Waals surface area contributed by atoms with Crippen molar-refractivity contribution in [3.63, 3.8) is 0 Å². The maximum atomic E-state index is 13.1. The summed E-state index contributed by atoms with van der Waals surface area (Å²) in [5.74, 6) is -1.36. The zero-order chi connectivity index (χ0) is 20.6. The van der Waals surface area contributed by atoms with Gasteiger partial charge in [0.15, 0.2) is 0 Å². The highest BCUT2D eigenvalue weighted by Gasteiger charge is 2.41. The van der Waals surface area contributed by atoms with Crippen LogP contribution in [0, 0.1) is 5.92 Å². The third-order valence-electron chi connectivity index (χ3n) is 5.29. The van der Waals surface area contributed by atoms with Crippen molar-refractivity contribution in [2.75, 3.05) is 13.1 Å². The van der Waals surface area contributed by atoms with E-state index >= 15 is 0 Å². The van der Waals surface area contributed by atoms with Crippen molar-refractivity contribution in [2.45, 2.75) is 25.7 Å². The van der Waals surface area contributed by atoms with Crippen LogP contribution in [0.1, 0.15) is 12.8 Å². The van der Waals surface area contributed by atoms with Gasteiger partial charge in [0.05, 0.1) is 23.7 Å². The molecule has 4 nitrogen and oxygen atoms in total. The standard InChI is InChI=1S/C21H19BrF3N3O/c22-16-9-7-14(8-10-16)19-17-5-1-2-6-18(17)20(29)28(26-19)13-27-11-3-4-15(12-27)21(23,24)25/h1-2,5-10,15H,3-4,11-13H2. The maximum absolute atomic E-state index is 13.1. The van der Waals surface area contributed by atoms with Crippen LogP contribution in [0.2, 0.25) is 0 Å². The zero-order valence-corrected chi connectivity index (χ0v) is 17.1. The van der Waals surface area contributed by atoms with E-state index in [1.807, 2.05) is 36.4 Å². The van der Waals surface area contributed by atoms with Crippen molar-refractivity contribution in [2.24, 2.45) is 5.92 Å². The van der Waals surface area contributed by atoms with Gasteiger partial charge in [-0.2, -0.15) is 18.3 Å². The molecule has 0 aliphatic carbocycles. The summed E-state index contributed by atoms with van der Waals surface area (Å²) in [5, 5.41) is 5.78. The van der Waals surface area contributed by atoms with E-state index in [0.717, 1.165) is 15.4 Å².